The second-order valence-corrected chi connectivity index (χ2v) is 20.8. The lowest BCUT2D eigenvalue weighted by molar-refractivity contribution is -0.179. The summed E-state index contributed by atoms with van der Waals surface area (Å²) in [6, 6.07) is -1.24. The Morgan fingerprint density at radius 3 is 2.15 bits per heavy atom. The number of esters is 1. The maximum Gasteiger partial charge on any atom is 0.413 e. The van der Waals surface area contributed by atoms with Crippen molar-refractivity contribution >= 4 is 54.4 Å². The Balaban J connectivity index is 2.18. The van der Waals surface area contributed by atoms with Gasteiger partial charge in [-0.1, -0.05) is 25.9 Å². The van der Waals surface area contributed by atoms with Gasteiger partial charge in [-0.2, -0.15) is 0 Å². The molecule has 2 rings (SSSR count). The molecule has 1 aromatic rings. The number of nitrogens with zero attached hydrogens (tertiary/aromatic N) is 2. The van der Waals surface area contributed by atoms with Crippen LogP contribution in [-0.4, -0.2) is 91.5 Å². The van der Waals surface area contributed by atoms with E-state index in [4.69, 9.17) is 18.7 Å². The van der Waals surface area contributed by atoms with Gasteiger partial charge in [0.2, 0.25) is 11.5 Å². The van der Waals surface area contributed by atoms with Crippen LogP contribution in [0.4, 0.5) is 9.93 Å². The number of β-lactam (4-membered cyclic amide) rings is 1. The molecule has 16 heteroatoms. The van der Waals surface area contributed by atoms with Gasteiger partial charge < -0.3 is 34.7 Å². The zero-order valence-electron chi connectivity index (χ0n) is 29.4. The summed E-state index contributed by atoms with van der Waals surface area (Å²) in [7, 11) is -1.88. The molecule has 1 aromatic heterocycles. The zero-order valence-corrected chi connectivity index (χ0v) is 31.2. The second-order valence-electron chi connectivity index (χ2n) is 15.1. The Hall–Kier alpha value is -3.08. The molecular weight excluding hydrogens is 633 g/mol. The van der Waals surface area contributed by atoms with E-state index in [-0.39, 0.29) is 33.5 Å². The second kappa shape index (κ2) is 14.8. The molecule has 1 fully saturated rings. The van der Waals surface area contributed by atoms with Gasteiger partial charge in [0.05, 0.1) is 6.04 Å². The van der Waals surface area contributed by atoms with Crippen LogP contribution in [-0.2, 0) is 33.1 Å². The average Bonchev–Trinajstić information content (AvgIpc) is 3.31. The molecule has 0 aliphatic carbocycles. The highest BCUT2D eigenvalue weighted by Gasteiger charge is 2.42. The van der Waals surface area contributed by atoms with Crippen LogP contribution in [0.3, 0.4) is 0 Å². The Morgan fingerprint density at radius 1 is 1.00 bits per heavy atom. The fraction of sp³-hybridized carbons (Fsp3) is 0.733. The van der Waals surface area contributed by atoms with Crippen molar-refractivity contribution in [2.24, 2.45) is 5.16 Å². The number of thiazole rings is 1. The van der Waals surface area contributed by atoms with Gasteiger partial charge in [-0.25, -0.2) is 14.6 Å². The molecule has 2 heterocycles. The lowest BCUT2D eigenvalue weighted by Gasteiger charge is -2.38. The van der Waals surface area contributed by atoms with Crippen LogP contribution in [0.5, 0.6) is 0 Å². The summed E-state index contributed by atoms with van der Waals surface area (Å²) in [6.45, 7) is 25.6. The van der Waals surface area contributed by atoms with E-state index in [0.717, 1.165) is 11.3 Å². The molecular formula is C30H52N6O8SSi. The summed E-state index contributed by atoms with van der Waals surface area (Å²) in [4.78, 5) is 60.9. The standard InChI is InChI=1S/C30H52N6O8SSi/c1-27(2,3)42-24(39)30(10,11)44-36-21(19-17-45-25(33-19)35-26(40)43-28(4,5)6)23(38)34-20-18(32-22(20)37)16-31-14-15-41-46(12,13)29(7,8)9/h17-18,20,31H,14-16H2,1-13H3,(H,32,37)(H,34,38)(H,33,35,40)/t18-,20+/m1/s1. The number of oxime groups is 1. The Bertz CT molecular complexity index is 1290. The first-order chi connectivity index (χ1) is 20.8. The minimum atomic E-state index is -1.88. The summed E-state index contributed by atoms with van der Waals surface area (Å²) in [5, 5.41) is 17.0. The van der Waals surface area contributed by atoms with Crippen molar-refractivity contribution in [3.63, 3.8) is 0 Å². The minimum Gasteiger partial charge on any atom is -0.457 e. The topological polar surface area (TPSA) is 179 Å². The summed E-state index contributed by atoms with van der Waals surface area (Å²) in [6.07, 6.45) is -0.727. The van der Waals surface area contributed by atoms with E-state index in [2.05, 4.69) is 65.3 Å². The number of carbonyl (C=O) groups is 4. The van der Waals surface area contributed by atoms with E-state index in [9.17, 15) is 19.2 Å². The monoisotopic (exact) mass is 684 g/mol. The van der Waals surface area contributed by atoms with Gasteiger partial charge in [-0.15, -0.1) is 11.3 Å². The van der Waals surface area contributed by atoms with Crippen molar-refractivity contribution in [3.05, 3.63) is 11.1 Å². The van der Waals surface area contributed by atoms with E-state index in [0.29, 0.717) is 19.7 Å². The van der Waals surface area contributed by atoms with E-state index < -0.39 is 49.1 Å². The maximum atomic E-state index is 13.6. The Kier molecular flexibility index (Phi) is 12.6. The number of amides is 3. The van der Waals surface area contributed by atoms with Gasteiger partial charge in [0.15, 0.2) is 19.2 Å². The number of nitrogens with one attached hydrogen (secondary N) is 4. The number of hydrogen-bond acceptors (Lipinski definition) is 12. The van der Waals surface area contributed by atoms with Crippen molar-refractivity contribution < 1.29 is 37.9 Å². The van der Waals surface area contributed by atoms with Gasteiger partial charge in [0.1, 0.15) is 22.9 Å². The molecule has 260 valence electrons. The fourth-order valence-corrected chi connectivity index (χ4v) is 5.20. The zero-order chi connectivity index (χ0) is 35.3. The molecule has 0 aromatic carbocycles. The number of aromatic nitrogens is 1. The van der Waals surface area contributed by atoms with Crippen LogP contribution >= 0.6 is 11.3 Å². The van der Waals surface area contributed by atoms with Gasteiger partial charge in [-0.3, -0.25) is 14.9 Å². The van der Waals surface area contributed by atoms with Gasteiger partial charge in [-0.05, 0) is 73.5 Å². The smallest absolute Gasteiger partial charge is 0.413 e. The van der Waals surface area contributed by atoms with Crippen molar-refractivity contribution in [1.82, 2.24) is 20.9 Å². The third kappa shape index (κ3) is 11.9. The SMILES string of the molecule is CC(C)(C)OC(=O)Nc1nc(C(=NOC(C)(C)C(=O)OC(C)(C)C)C(=O)N[C@@H]2C(=O)N[C@@H]2CNCCO[Si](C)(C)C(C)(C)C)cs1. The molecule has 0 saturated carbocycles. The molecule has 4 N–H and O–H groups in total. The molecule has 1 saturated heterocycles. The van der Waals surface area contributed by atoms with E-state index in [1.54, 1.807) is 41.5 Å². The minimum absolute atomic E-state index is 0.0470. The molecule has 46 heavy (non-hydrogen) atoms. The third-order valence-corrected chi connectivity index (χ3v) is 12.3. The predicted molar refractivity (Wildman–Crippen MR) is 179 cm³/mol. The lowest BCUT2D eigenvalue weighted by atomic mass is 9.98. The van der Waals surface area contributed by atoms with Crippen LogP contribution < -0.4 is 21.3 Å². The van der Waals surface area contributed by atoms with Crippen molar-refractivity contribution in [2.45, 2.75) is 123 Å². The van der Waals surface area contributed by atoms with Crippen molar-refractivity contribution in [2.75, 3.05) is 25.0 Å². The van der Waals surface area contributed by atoms with Crippen LogP contribution in [0.15, 0.2) is 10.5 Å². The molecule has 0 radical (unpaired) electrons. The Morgan fingerprint density at radius 2 is 1.61 bits per heavy atom. The number of ether oxygens (including phenoxy) is 2. The quantitative estimate of drug-likeness (QED) is 0.0594. The molecule has 14 nitrogen and oxygen atoms in total. The first-order valence-corrected chi connectivity index (χ1v) is 19.0. The maximum absolute atomic E-state index is 13.6. The van der Waals surface area contributed by atoms with Gasteiger partial charge >= 0.3 is 12.1 Å². The molecule has 1 aliphatic rings. The summed E-state index contributed by atoms with van der Waals surface area (Å²) >= 11 is 1.03. The number of rotatable bonds is 13. The lowest BCUT2D eigenvalue weighted by Crippen LogP contribution is -2.72. The number of hydrogen-bond donors (Lipinski definition) is 4. The highest BCUT2D eigenvalue weighted by Crippen LogP contribution is 2.36. The number of anilines is 1. The third-order valence-electron chi connectivity index (χ3n) is 7.04. The van der Waals surface area contributed by atoms with Crippen LogP contribution in [0.1, 0.15) is 81.9 Å². The molecule has 0 bridgehead atoms. The van der Waals surface area contributed by atoms with Crippen LogP contribution in [0.2, 0.25) is 18.1 Å². The van der Waals surface area contributed by atoms with Crippen LogP contribution in [0, 0.1) is 0 Å². The molecule has 0 unspecified atom stereocenters. The molecule has 2 atom stereocenters. The average molecular weight is 685 g/mol. The molecule has 0 spiro atoms. The predicted octanol–water partition coefficient (Wildman–Crippen LogP) is 3.93. The van der Waals surface area contributed by atoms with E-state index in [1.165, 1.54) is 19.2 Å². The molecule has 1 aliphatic heterocycles. The largest absolute Gasteiger partial charge is 0.457 e. The molecule has 3 amide bonds. The van der Waals surface area contributed by atoms with E-state index in [1.807, 2.05) is 0 Å². The summed E-state index contributed by atoms with van der Waals surface area (Å²) in [5.41, 5.74) is -3.34. The van der Waals surface area contributed by atoms with Gasteiger partial charge in [0, 0.05) is 25.1 Å². The van der Waals surface area contributed by atoms with Gasteiger partial charge in [0.25, 0.3) is 5.91 Å². The first-order valence-electron chi connectivity index (χ1n) is 15.2. The highest BCUT2D eigenvalue weighted by atomic mass is 32.1. The summed E-state index contributed by atoms with van der Waals surface area (Å²) < 4.78 is 16.9. The normalized spacial score (nSPS) is 17.8. The number of carbonyl (C=O) groups excluding carboxylic acids is 4. The van der Waals surface area contributed by atoms with E-state index >= 15 is 0 Å². The van der Waals surface area contributed by atoms with Crippen LogP contribution in [0.25, 0.3) is 0 Å². The fourth-order valence-electron chi connectivity index (χ4n) is 3.47. The summed E-state index contributed by atoms with van der Waals surface area (Å²) in [5.74, 6) is -1.83. The van der Waals surface area contributed by atoms with Crippen molar-refractivity contribution in [3.8, 4) is 0 Å². The Labute approximate surface area is 277 Å². The first kappa shape index (κ1) is 39.1. The highest BCUT2D eigenvalue weighted by molar-refractivity contribution is 7.14. The van der Waals surface area contributed by atoms with Crippen molar-refractivity contribution in [1.29, 1.82) is 0 Å².